The van der Waals surface area contributed by atoms with Crippen molar-refractivity contribution in [3.8, 4) is 0 Å². The van der Waals surface area contributed by atoms with Gasteiger partial charge in [0.2, 0.25) is 7.59 Å². The quantitative estimate of drug-likeness (QED) is 0.152. The number of nitrogens with one attached hydrogen (secondary N) is 2. The van der Waals surface area contributed by atoms with Crippen molar-refractivity contribution in [1.29, 1.82) is 0 Å². The average molecular weight is 687 g/mol. The molecule has 1 aliphatic heterocycles. The van der Waals surface area contributed by atoms with Crippen molar-refractivity contribution >= 4 is 90.1 Å². The molecule has 0 bridgehead atoms. The summed E-state index contributed by atoms with van der Waals surface area (Å²) >= 11 is 33.4. The second-order valence-electron chi connectivity index (χ2n) is 9.95. The van der Waals surface area contributed by atoms with Crippen molar-refractivity contribution in [2.75, 3.05) is 33.0 Å². The maximum atomic E-state index is 12.2. The first-order valence-corrected chi connectivity index (χ1v) is 16.5. The molecule has 5 atom stereocenters. The molecule has 0 aromatic rings. The van der Waals surface area contributed by atoms with Crippen LogP contribution in [0, 0.1) is 0 Å². The SMILES string of the molecule is CC(C)(C)[Si](C)(C)OCC1O[C@@H](OCCNC(=O)OCC(Cl)(Cl)Cl)C(NC(=O)OCC(Cl)(Cl)Cl)[C@@H](O)[C@H]1O. The lowest BCUT2D eigenvalue weighted by atomic mass is 9.97. The molecule has 0 aromatic carbocycles. The Kier molecular flexibility index (Phi) is 14.3. The number of aliphatic hydroxyl groups excluding tert-OH is 2. The monoisotopic (exact) mass is 684 g/mol. The molecular weight excluding hydrogens is 653 g/mol. The highest BCUT2D eigenvalue weighted by atomic mass is 35.6. The summed E-state index contributed by atoms with van der Waals surface area (Å²) in [4.78, 5) is 24.0. The van der Waals surface area contributed by atoms with Crippen LogP contribution in [0.15, 0.2) is 0 Å². The predicted octanol–water partition coefficient (Wildman–Crippen LogP) is 4.03. The van der Waals surface area contributed by atoms with E-state index in [1.807, 2.05) is 33.9 Å². The minimum Gasteiger partial charge on any atom is -0.445 e. The van der Waals surface area contributed by atoms with Gasteiger partial charge in [-0.05, 0) is 18.1 Å². The lowest BCUT2D eigenvalue weighted by Crippen LogP contribution is -2.65. The van der Waals surface area contributed by atoms with E-state index in [0.717, 1.165) is 0 Å². The third kappa shape index (κ3) is 13.3. The standard InChI is InChI=1S/C20H34Cl6N2O9Si/c1-18(2,3)38(4,5)36-8-11-13(29)14(30)12(28-17(32)35-10-20(24,25)26)15(37-11)33-7-6-27-16(31)34-9-19(21,22)23/h11-15,29-30H,6-10H2,1-5H3,(H,27,31)(H,28,32)/t11?,12?,13-,14+,15+/m0/s1. The second kappa shape index (κ2) is 15.0. The zero-order chi connectivity index (χ0) is 29.5. The van der Waals surface area contributed by atoms with Crippen LogP contribution in [0.2, 0.25) is 18.1 Å². The fourth-order valence-corrected chi connectivity index (χ4v) is 4.06. The van der Waals surface area contributed by atoms with Crippen LogP contribution in [0.4, 0.5) is 9.59 Å². The fourth-order valence-electron chi connectivity index (χ4n) is 2.72. The lowest BCUT2D eigenvalue weighted by molar-refractivity contribution is -0.268. The van der Waals surface area contributed by atoms with E-state index in [4.69, 9.17) is 93.0 Å². The van der Waals surface area contributed by atoms with Gasteiger partial charge in [0.25, 0.3) is 0 Å². The Morgan fingerprint density at radius 2 is 1.45 bits per heavy atom. The lowest BCUT2D eigenvalue weighted by Gasteiger charge is -2.44. The molecule has 2 amide bonds. The smallest absolute Gasteiger partial charge is 0.407 e. The molecule has 0 aliphatic carbocycles. The van der Waals surface area contributed by atoms with Gasteiger partial charge in [-0.15, -0.1) is 0 Å². The Bertz CT molecular complexity index is 780. The number of ether oxygens (including phenoxy) is 4. The number of aliphatic hydroxyl groups is 2. The maximum Gasteiger partial charge on any atom is 0.407 e. The highest BCUT2D eigenvalue weighted by molar-refractivity contribution is 6.74. The molecule has 1 rings (SSSR count). The van der Waals surface area contributed by atoms with E-state index in [1.54, 1.807) is 0 Å². The molecule has 18 heteroatoms. The van der Waals surface area contributed by atoms with Gasteiger partial charge in [-0.1, -0.05) is 90.4 Å². The molecule has 4 N–H and O–H groups in total. The van der Waals surface area contributed by atoms with Crippen LogP contribution in [-0.4, -0.2) is 102 Å². The normalized spacial score (nSPS) is 25.0. The van der Waals surface area contributed by atoms with Crippen LogP contribution in [0.3, 0.4) is 0 Å². The first kappa shape index (κ1) is 36.3. The number of hydrogen-bond donors (Lipinski definition) is 4. The Labute approximate surface area is 253 Å². The first-order chi connectivity index (χ1) is 17.1. The molecule has 1 fully saturated rings. The number of hydrogen-bond acceptors (Lipinski definition) is 9. The molecule has 1 aliphatic rings. The maximum absolute atomic E-state index is 12.2. The van der Waals surface area contributed by atoms with Crippen molar-refractivity contribution in [3.05, 3.63) is 0 Å². The van der Waals surface area contributed by atoms with Crippen LogP contribution in [-0.2, 0) is 23.4 Å². The molecule has 0 saturated carbocycles. The molecule has 38 heavy (non-hydrogen) atoms. The number of carbonyl (C=O) groups is 2. The van der Waals surface area contributed by atoms with Crippen LogP contribution < -0.4 is 10.6 Å². The summed E-state index contributed by atoms with van der Waals surface area (Å²) in [7, 11) is -2.23. The molecule has 2 unspecified atom stereocenters. The predicted molar refractivity (Wildman–Crippen MR) is 148 cm³/mol. The van der Waals surface area contributed by atoms with E-state index in [9.17, 15) is 19.8 Å². The number of alkyl carbamates (subject to hydrolysis) is 2. The second-order valence-corrected chi connectivity index (χ2v) is 19.8. The highest BCUT2D eigenvalue weighted by Gasteiger charge is 2.47. The topological polar surface area (TPSA) is 145 Å². The first-order valence-electron chi connectivity index (χ1n) is 11.4. The van der Waals surface area contributed by atoms with Gasteiger partial charge in [-0.2, -0.15) is 0 Å². The van der Waals surface area contributed by atoms with Gasteiger partial charge in [0.05, 0.1) is 13.2 Å². The van der Waals surface area contributed by atoms with E-state index in [1.165, 1.54) is 0 Å². The van der Waals surface area contributed by atoms with Gasteiger partial charge in [0.1, 0.15) is 37.6 Å². The zero-order valence-electron chi connectivity index (χ0n) is 21.4. The number of alkyl halides is 6. The van der Waals surface area contributed by atoms with E-state index >= 15 is 0 Å². The Morgan fingerprint density at radius 1 is 0.921 bits per heavy atom. The van der Waals surface area contributed by atoms with Gasteiger partial charge in [0.15, 0.2) is 14.6 Å². The zero-order valence-corrected chi connectivity index (χ0v) is 27.0. The van der Waals surface area contributed by atoms with Crippen molar-refractivity contribution in [3.63, 3.8) is 0 Å². The third-order valence-corrected chi connectivity index (χ3v) is 10.9. The Morgan fingerprint density at radius 3 is 1.95 bits per heavy atom. The van der Waals surface area contributed by atoms with Gasteiger partial charge in [0, 0.05) is 6.54 Å². The van der Waals surface area contributed by atoms with Gasteiger partial charge >= 0.3 is 12.2 Å². The summed E-state index contributed by atoms with van der Waals surface area (Å²) in [6, 6.07) is -1.30. The Hall–Kier alpha value is 0.297. The summed E-state index contributed by atoms with van der Waals surface area (Å²) in [5, 5.41) is 26.1. The van der Waals surface area contributed by atoms with Crippen molar-refractivity contribution in [1.82, 2.24) is 10.6 Å². The van der Waals surface area contributed by atoms with Crippen LogP contribution in [0.1, 0.15) is 20.8 Å². The number of amides is 2. The van der Waals surface area contributed by atoms with Crippen LogP contribution >= 0.6 is 69.6 Å². The summed E-state index contributed by atoms with van der Waals surface area (Å²) in [6.45, 7) is 8.85. The molecule has 11 nitrogen and oxygen atoms in total. The summed E-state index contributed by atoms with van der Waals surface area (Å²) < 4.78 is 23.6. The average Bonchev–Trinajstić information content (AvgIpc) is 2.75. The van der Waals surface area contributed by atoms with Crippen LogP contribution in [0.5, 0.6) is 0 Å². The number of halogens is 6. The van der Waals surface area contributed by atoms with Gasteiger partial charge < -0.3 is 44.2 Å². The van der Waals surface area contributed by atoms with Crippen molar-refractivity contribution in [2.24, 2.45) is 0 Å². The number of carbonyl (C=O) groups excluding carboxylic acids is 2. The van der Waals surface area contributed by atoms with Gasteiger partial charge in [-0.25, -0.2) is 9.59 Å². The van der Waals surface area contributed by atoms with E-state index in [0.29, 0.717) is 0 Å². The Balaban J connectivity index is 2.86. The summed E-state index contributed by atoms with van der Waals surface area (Å²) in [6.07, 6.45) is -7.22. The molecule has 0 aromatic heterocycles. The molecule has 1 heterocycles. The summed E-state index contributed by atoms with van der Waals surface area (Å²) in [5.74, 6) is 0. The van der Waals surface area contributed by atoms with E-state index in [2.05, 4.69) is 10.6 Å². The molecule has 1 saturated heterocycles. The summed E-state index contributed by atoms with van der Waals surface area (Å²) in [5.41, 5.74) is 0. The molecule has 0 spiro atoms. The number of rotatable bonds is 10. The largest absolute Gasteiger partial charge is 0.445 e. The fraction of sp³-hybridized carbons (Fsp3) is 0.900. The molecular formula is C20H34Cl6N2O9Si. The van der Waals surface area contributed by atoms with Crippen LogP contribution in [0.25, 0.3) is 0 Å². The third-order valence-electron chi connectivity index (χ3n) is 5.79. The molecule has 0 radical (unpaired) electrons. The minimum absolute atomic E-state index is 0.0411. The minimum atomic E-state index is -2.23. The highest BCUT2D eigenvalue weighted by Crippen LogP contribution is 2.37. The van der Waals surface area contributed by atoms with Gasteiger partial charge in [-0.3, -0.25) is 0 Å². The molecule has 224 valence electrons. The van der Waals surface area contributed by atoms with Crippen molar-refractivity contribution < 1.29 is 43.2 Å². The van der Waals surface area contributed by atoms with E-state index < -0.39 is 71.9 Å². The van der Waals surface area contributed by atoms with E-state index in [-0.39, 0.29) is 24.8 Å². The van der Waals surface area contributed by atoms with Crippen molar-refractivity contribution in [2.45, 2.75) is 77.1 Å².